The first-order valence-electron chi connectivity index (χ1n) is 6.37. The van der Waals surface area contributed by atoms with Gasteiger partial charge >= 0.3 is 6.01 Å². The molecule has 2 N–H and O–H groups in total. The monoisotopic (exact) mass is 294 g/mol. The van der Waals surface area contributed by atoms with E-state index in [1.54, 1.807) is 0 Å². The number of aromatic hydroxyl groups is 2. The van der Waals surface area contributed by atoms with Crippen molar-refractivity contribution in [1.29, 1.82) is 0 Å². The van der Waals surface area contributed by atoms with Crippen molar-refractivity contribution in [2.24, 2.45) is 0 Å². The first kappa shape index (κ1) is 13.5. The molecule has 0 saturated carbocycles. The molecule has 3 rings (SSSR count). The Morgan fingerprint density at radius 2 is 2.10 bits per heavy atom. The highest BCUT2D eigenvalue weighted by Crippen LogP contribution is 2.41. The molecule has 1 aliphatic rings. The summed E-state index contributed by atoms with van der Waals surface area (Å²) in [6, 6.07) is 3.53. The van der Waals surface area contributed by atoms with E-state index in [0.717, 1.165) is 6.07 Å². The first-order chi connectivity index (χ1) is 10.1. The average molecular weight is 294 g/mol. The molecule has 0 aliphatic heterocycles. The summed E-state index contributed by atoms with van der Waals surface area (Å²) in [5.74, 6) is -1.11. The fourth-order valence-corrected chi connectivity index (χ4v) is 2.68. The molecule has 1 heterocycles. The Bertz CT molecular complexity index is 694. The summed E-state index contributed by atoms with van der Waals surface area (Å²) in [6.45, 7) is -1.03. The highest BCUT2D eigenvalue weighted by atomic mass is 19.1. The average Bonchev–Trinajstić information content (AvgIpc) is 2.83. The van der Waals surface area contributed by atoms with Crippen LogP contribution in [0.5, 0.6) is 17.6 Å². The van der Waals surface area contributed by atoms with Crippen LogP contribution in [0.2, 0.25) is 0 Å². The molecule has 0 radical (unpaired) electrons. The van der Waals surface area contributed by atoms with E-state index < -0.39 is 18.7 Å². The van der Waals surface area contributed by atoms with E-state index in [2.05, 4.69) is 14.7 Å². The second-order valence-corrected chi connectivity index (χ2v) is 4.74. The van der Waals surface area contributed by atoms with Crippen LogP contribution in [-0.4, -0.2) is 27.0 Å². The maximum Gasteiger partial charge on any atom is 0.317 e. The van der Waals surface area contributed by atoms with Gasteiger partial charge in [-0.15, -0.1) is 0 Å². The number of halogens is 2. The lowest BCUT2D eigenvalue weighted by Crippen LogP contribution is -2.03. The van der Waals surface area contributed by atoms with Crippen LogP contribution in [0.4, 0.5) is 8.78 Å². The van der Waals surface area contributed by atoms with Crippen LogP contribution in [0.3, 0.4) is 0 Å². The first-order valence-corrected chi connectivity index (χ1v) is 6.37. The summed E-state index contributed by atoms with van der Waals surface area (Å²) in [7, 11) is 0. The topological polar surface area (TPSA) is 75.5 Å². The lowest BCUT2D eigenvalue weighted by molar-refractivity contribution is 0.191. The summed E-state index contributed by atoms with van der Waals surface area (Å²) in [4.78, 5) is 7.38. The van der Waals surface area contributed by atoms with E-state index >= 15 is 0 Å². The summed E-state index contributed by atoms with van der Waals surface area (Å²) >= 11 is 0. The predicted octanol–water partition coefficient (Wildman–Crippen LogP) is 2.41. The Labute approximate surface area is 118 Å². The predicted molar refractivity (Wildman–Crippen MR) is 68.5 cm³/mol. The van der Waals surface area contributed by atoms with Crippen molar-refractivity contribution in [2.75, 3.05) is 6.86 Å². The number of hydrogen-bond donors (Lipinski definition) is 2. The van der Waals surface area contributed by atoms with E-state index in [1.807, 2.05) is 0 Å². The molecule has 0 amide bonds. The third-order valence-electron chi connectivity index (χ3n) is 3.59. The number of ether oxygens (including phenoxy) is 1. The summed E-state index contributed by atoms with van der Waals surface area (Å²) in [5.41, 5.74) is 1.29. The Morgan fingerprint density at radius 1 is 1.29 bits per heavy atom. The van der Waals surface area contributed by atoms with Gasteiger partial charge in [-0.2, -0.15) is 9.97 Å². The van der Waals surface area contributed by atoms with Gasteiger partial charge in [-0.1, -0.05) is 6.07 Å². The van der Waals surface area contributed by atoms with Crippen molar-refractivity contribution in [3.05, 3.63) is 40.8 Å². The van der Waals surface area contributed by atoms with Crippen molar-refractivity contribution in [1.82, 2.24) is 9.97 Å². The zero-order valence-corrected chi connectivity index (χ0v) is 10.9. The third-order valence-corrected chi connectivity index (χ3v) is 3.59. The molecule has 0 saturated heterocycles. The number of rotatable bonds is 3. The van der Waals surface area contributed by atoms with Gasteiger partial charge in [-0.3, -0.25) is 0 Å². The molecule has 0 fully saturated rings. The molecular weight excluding hydrogens is 282 g/mol. The van der Waals surface area contributed by atoms with Gasteiger partial charge < -0.3 is 14.9 Å². The molecule has 1 aromatic carbocycles. The van der Waals surface area contributed by atoms with Crippen LogP contribution in [0.25, 0.3) is 0 Å². The van der Waals surface area contributed by atoms with E-state index in [9.17, 15) is 19.0 Å². The molecule has 2 aromatic rings. The molecule has 5 nitrogen and oxygen atoms in total. The van der Waals surface area contributed by atoms with E-state index in [-0.39, 0.29) is 17.5 Å². The lowest BCUT2D eigenvalue weighted by Gasteiger charge is -2.13. The molecular formula is C14H12F2N2O3. The van der Waals surface area contributed by atoms with Gasteiger partial charge in [-0.25, -0.2) is 8.78 Å². The molecule has 1 aliphatic carbocycles. The molecule has 21 heavy (non-hydrogen) atoms. The fourth-order valence-electron chi connectivity index (χ4n) is 2.68. The lowest BCUT2D eigenvalue weighted by atomic mass is 9.96. The van der Waals surface area contributed by atoms with Crippen molar-refractivity contribution in [3.63, 3.8) is 0 Å². The van der Waals surface area contributed by atoms with E-state index in [0.29, 0.717) is 29.7 Å². The zero-order chi connectivity index (χ0) is 15.0. The summed E-state index contributed by atoms with van der Waals surface area (Å²) in [5, 5.41) is 19.1. The number of nitrogens with zero attached hydrogens (tertiary/aromatic N) is 2. The highest BCUT2D eigenvalue weighted by Gasteiger charge is 2.31. The van der Waals surface area contributed by atoms with E-state index in [4.69, 9.17) is 0 Å². The molecule has 0 spiro atoms. The smallest absolute Gasteiger partial charge is 0.317 e. The second kappa shape index (κ2) is 5.16. The third kappa shape index (κ3) is 2.35. The maximum absolute atomic E-state index is 14.1. The van der Waals surface area contributed by atoms with Crippen LogP contribution in [-0.2, 0) is 6.42 Å². The highest BCUT2D eigenvalue weighted by molar-refractivity contribution is 5.44. The normalized spacial score (nSPS) is 16.8. The summed E-state index contributed by atoms with van der Waals surface area (Å²) < 4.78 is 30.8. The molecule has 1 aromatic heterocycles. The van der Waals surface area contributed by atoms with Crippen LogP contribution in [0.1, 0.15) is 29.2 Å². The maximum atomic E-state index is 14.1. The quantitative estimate of drug-likeness (QED) is 0.909. The van der Waals surface area contributed by atoms with Gasteiger partial charge in [0.25, 0.3) is 0 Å². The molecule has 1 atom stereocenters. The second-order valence-electron chi connectivity index (χ2n) is 4.74. The minimum absolute atomic E-state index is 0.102. The van der Waals surface area contributed by atoms with Crippen LogP contribution >= 0.6 is 0 Å². The van der Waals surface area contributed by atoms with Gasteiger partial charge in [-0.05, 0) is 24.5 Å². The standard InChI is InChI=1S/C14H12F2N2O3/c15-6-21-7-1-2-8(11(16)5-7)9-3-4-10-12(9)17-14(20)18-13(10)19/h1-2,5,9H,3-4,6H2,(H2,17,18,19,20). The zero-order valence-electron chi connectivity index (χ0n) is 10.9. The SMILES string of the molecule is Oc1nc(O)c2c(n1)C(c1ccc(OCF)cc1F)CC2. The Balaban J connectivity index is 2.01. The molecule has 1 unspecified atom stereocenters. The van der Waals surface area contributed by atoms with Crippen molar-refractivity contribution in [3.8, 4) is 17.6 Å². The Morgan fingerprint density at radius 3 is 2.81 bits per heavy atom. The number of benzene rings is 1. The largest absolute Gasteiger partial charge is 0.493 e. The molecule has 0 bridgehead atoms. The minimum Gasteiger partial charge on any atom is -0.493 e. The van der Waals surface area contributed by atoms with Gasteiger partial charge in [0.2, 0.25) is 12.7 Å². The fraction of sp³-hybridized carbons (Fsp3) is 0.286. The van der Waals surface area contributed by atoms with Gasteiger partial charge in [0.1, 0.15) is 11.6 Å². The van der Waals surface area contributed by atoms with Crippen molar-refractivity contribution in [2.45, 2.75) is 18.8 Å². The van der Waals surface area contributed by atoms with Crippen molar-refractivity contribution < 1.29 is 23.7 Å². The van der Waals surface area contributed by atoms with E-state index in [1.165, 1.54) is 12.1 Å². The number of fused-ring (bicyclic) bond motifs is 1. The Hall–Kier alpha value is -2.44. The summed E-state index contributed by atoms with van der Waals surface area (Å²) in [6.07, 6.45) is 1.04. The van der Waals surface area contributed by atoms with Crippen LogP contribution in [0.15, 0.2) is 18.2 Å². The van der Waals surface area contributed by atoms with Gasteiger partial charge in [0.05, 0.1) is 5.69 Å². The minimum atomic E-state index is -1.03. The number of hydrogen-bond acceptors (Lipinski definition) is 5. The van der Waals surface area contributed by atoms with Gasteiger partial charge in [0, 0.05) is 17.5 Å². The number of alkyl halides is 1. The van der Waals surface area contributed by atoms with Crippen molar-refractivity contribution >= 4 is 0 Å². The van der Waals surface area contributed by atoms with Crippen LogP contribution in [0, 0.1) is 5.82 Å². The Kier molecular flexibility index (Phi) is 3.32. The van der Waals surface area contributed by atoms with Crippen LogP contribution < -0.4 is 4.74 Å². The van der Waals surface area contributed by atoms with Gasteiger partial charge in [0.15, 0.2) is 0 Å². The molecule has 110 valence electrons. The molecule has 7 heteroatoms. The number of aromatic nitrogens is 2.